The van der Waals surface area contributed by atoms with Crippen molar-refractivity contribution in [1.29, 1.82) is 0 Å². The fourth-order valence-corrected chi connectivity index (χ4v) is 3.78. The van der Waals surface area contributed by atoms with E-state index in [4.69, 9.17) is 4.11 Å². The SMILES string of the molecule is [2H]C([2H])([2H])NC(=O)c1nnc(NC(=O)OC)cc1Nc1ccccc1NS(=O)(=O)C1CC1. The molecule has 2 aromatic rings. The first-order chi connectivity index (χ1) is 15.0. The monoisotopic (exact) mass is 423 g/mol. The number of methoxy groups -OCH3 is 1. The Hall–Kier alpha value is -3.41. The summed E-state index contributed by atoms with van der Waals surface area (Å²) in [5.41, 5.74) is 0.0418. The van der Waals surface area contributed by atoms with Crippen LogP contribution in [0.4, 0.5) is 27.7 Å². The molecule has 0 radical (unpaired) electrons. The molecule has 0 unspecified atom stereocenters. The molecule has 1 aromatic carbocycles. The molecule has 0 bridgehead atoms. The van der Waals surface area contributed by atoms with Gasteiger partial charge in [-0.2, -0.15) is 0 Å². The van der Waals surface area contributed by atoms with Gasteiger partial charge in [-0.3, -0.25) is 14.8 Å². The highest BCUT2D eigenvalue weighted by Gasteiger charge is 2.36. The molecule has 4 N–H and O–H groups in total. The summed E-state index contributed by atoms with van der Waals surface area (Å²) in [6.07, 6.45) is 0.296. The third-order valence-corrected chi connectivity index (χ3v) is 5.80. The first-order valence-electron chi connectivity index (χ1n) is 9.91. The molecular weight excluding hydrogens is 400 g/mol. The number of benzene rings is 1. The van der Waals surface area contributed by atoms with Gasteiger partial charge in [-0.25, -0.2) is 13.2 Å². The van der Waals surface area contributed by atoms with Gasteiger partial charge in [0.15, 0.2) is 11.5 Å². The second-order valence-electron chi connectivity index (χ2n) is 6.08. The van der Waals surface area contributed by atoms with Crippen molar-refractivity contribution in [3.8, 4) is 0 Å². The van der Waals surface area contributed by atoms with Gasteiger partial charge in [-0.15, -0.1) is 10.2 Å². The number of amides is 2. The van der Waals surface area contributed by atoms with E-state index in [2.05, 4.69) is 30.3 Å². The van der Waals surface area contributed by atoms with Crippen LogP contribution in [0.3, 0.4) is 0 Å². The summed E-state index contributed by atoms with van der Waals surface area (Å²) in [7, 11) is -2.44. The Morgan fingerprint density at radius 1 is 1.17 bits per heavy atom. The van der Waals surface area contributed by atoms with Crippen LogP contribution in [-0.2, 0) is 14.8 Å². The Balaban J connectivity index is 1.97. The van der Waals surface area contributed by atoms with E-state index in [-0.39, 0.29) is 22.9 Å². The Morgan fingerprint density at radius 2 is 1.90 bits per heavy atom. The quantitative estimate of drug-likeness (QED) is 0.525. The summed E-state index contributed by atoms with van der Waals surface area (Å²) in [6, 6.07) is 7.54. The molecule has 1 saturated carbocycles. The minimum Gasteiger partial charge on any atom is -0.453 e. The number of rotatable bonds is 7. The molecule has 0 aliphatic heterocycles. The molecule has 3 rings (SSSR count). The van der Waals surface area contributed by atoms with E-state index in [0.29, 0.717) is 12.8 Å². The van der Waals surface area contributed by atoms with Gasteiger partial charge in [0.2, 0.25) is 10.0 Å². The van der Waals surface area contributed by atoms with E-state index in [0.717, 1.165) is 7.11 Å². The van der Waals surface area contributed by atoms with Crippen molar-refractivity contribution in [2.45, 2.75) is 18.1 Å². The predicted octanol–water partition coefficient (Wildman–Crippen LogP) is 1.66. The van der Waals surface area contributed by atoms with Crippen LogP contribution in [-0.4, -0.2) is 50.0 Å². The fourth-order valence-electron chi connectivity index (χ4n) is 2.37. The Kier molecular flexibility index (Phi) is 4.74. The maximum atomic E-state index is 12.4. The minimum absolute atomic E-state index is 0.0359. The maximum Gasteiger partial charge on any atom is 0.412 e. The van der Waals surface area contributed by atoms with Crippen LogP contribution in [0.25, 0.3) is 0 Å². The summed E-state index contributed by atoms with van der Waals surface area (Å²) >= 11 is 0. The molecule has 0 atom stereocenters. The number of para-hydroxylation sites is 2. The number of aromatic nitrogens is 2. The van der Waals surface area contributed by atoms with E-state index >= 15 is 0 Å². The van der Waals surface area contributed by atoms with Gasteiger partial charge in [0, 0.05) is 17.2 Å². The van der Waals surface area contributed by atoms with Crippen molar-refractivity contribution < 1.29 is 26.9 Å². The number of hydrogen-bond donors (Lipinski definition) is 4. The van der Waals surface area contributed by atoms with E-state index in [1.54, 1.807) is 23.5 Å². The molecule has 1 aliphatic carbocycles. The molecule has 29 heavy (non-hydrogen) atoms. The van der Waals surface area contributed by atoms with Crippen molar-refractivity contribution >= 4 is 44.9 Å². The van der Waals surface area contributed by atoms with E-state index in [1.165, 1.54) is 12.1 Å². The van der Waals surface area contributed by atoms with Crippen LogP contribution in [0.5, 0.6) is 0 Å². The predicted molar refractivity (Wildman–Crippen MR) is 107 cm³/mol. The molecule has 154 valence electrons. The van der Waals surface area contributed by atoms with E-state index in [1.807, 2.05) is 0 Å². The lowest BCUT2D eigenvalue weighted by molar-refractivity contribution is 0.0958. The normalized spacial score (nSPS) is 15.3. The highest BCUT2D eigenvalue weighted by molar-refractivity contribution is 7.93. The van der Waals surface area contributed by atoms with Gasteiger partial charge in [0.25, 0.3) is 5.91 Å². The van der Waals surface area contributed by atoms with Gasteiger partial charge in [-0.1, -0.05) is 12.1 Å². The van der Waals surface area contributed by atoms with Crippen LogP contribution >= 0.6 is 0 Å². The summed E-state index contributed by atoms with van der Waals surface area (Å²) < 4.78 is 53.4. The standard InChI is InChI=1S/C17H20N6O5S/c1-18-16(24)15-13(9-14(21-22-15)20-17(25)28-2)19-11-5-3-4-6-12(11)23-29(26,27)10-7-8-10/h3-6,9-10,23H,7-8H2,1-2H3,(H,18,24)(H2,19,20,21,25)/i1D3. The molecular formula is C17H20N6O5S. The highest BCUT2D eigenvalue weighted by Crippen LogP contribution is 2.33. The molecule has 11 nitrogen and oxygen atoms in total. The fraction of sp³-hybridized carbons (Fsp3) is 0.294. The van der Waals surface area contributed by atoms with Crippen molar-refractivity contribution in [3.05, 3.63) is 36.0 Å². The molecule has 1 aromatic heterocycles. The summed E-state index contributed by atoms with van der Waals surface area (Å²) in [4.78, 5) is 23.9. The number of carbonyl (C=O) groups excluding carboxylic acids is 2. The van der Waals surface area contributed by atoms with Crippen molar-refractivity contribution in [3.63, 3.8) is 0 Å². The number of sulfonamides is 1. The lowest BCUT2D eigenvalue weighted by atomic mass is 10.2. The average Bonchev–Trinajstić information content (AvgIpc) is 3.54. The lowest BCUT2D eigenvalue weighted by Gasteiger charge is -2.16. The molecule has 0 saturated heterocycles. The van der Waals surface area contributed by atoms with Gasteiger partial charge in [0.1, 0.15) is 0 Å². The molecule has 1 aliphatic rings. The number of ether oxygens (including phenoxy) is 1. The summed E-state index contributed by atoms with van der Waals surface area (Å²) in [6.45, 7) is -2.78. The zero-order chi connectivity index (χ0) is 23.5. The molecule has 1 heterocycles. The number of carbonyl (C=O) groups is 2. The lowest BCUT2D eigenvalue weighted by Crippen LogP contribution is -2.22. The second kappa shape index (κ2) is 8.31. The smallest absolute Gasteiger partial charge is 0.412 e. The van der Waals surface area contributed by atoms with Crippen LogP contribution < -0.4 is 20.7 Å². The zero-order valence-electron chi connectivity index (χ0n) is 18.2. The topological polar surface area (TPSA) is 151 Å². The number of nitrogens with zero attached hydrogens (tertiary/aromatic N) is 2. The Morgan fingerprint density at radius 3 is 2.55 bits per heavy atom. The second-order valence-corrected chi connectivity index (χ2v) is 8.04. The average molecular weight is 423 g/mol. The third kappa shape index (κ3) is 4.90. The Bertz CT molecular complexity index is 1140. The van der Waals surface area contributed by atoms with Crippen LogP contribution in [0.1, 0.15) is 27.4 Å². The zero-order valence-corrected chi connectivity index (χ0v) is 16.0. The van der Waals surface area contributed by atoms with Crippen molar-refractivity contribution in [2.24, 2.45) is 0 Å². The minimum atomic E-state index is -3.58. The largest absolute Gasteiger partial charge is 0.453 e. The number of nitrogens with one attached hydrogen (secondary N) is 4. The van der Waals surface area contributed by atoms with E-state index in [9.17, 15) is 18.0 Å². The highest BCUT2D eigenvalue weighted by atomic mass is 32.2. The summed E-state index contributed by atoms with van der Waals surface area (Å²) in [5.74, 6) is -1.15. The van der Waals surface area contributed by atoms with E-state index < -0.39 is 39.9 Å². The van der Waals surface area contributed by atoms with Crippen LogP contribution in [0.2, 0.25) is 0 Å². The first kappa shape index (κ1) is 16.5. The first-order valence-corrected chi connectivity index (χ1v) is 9.96. The third-order valence-electron chi connectivity index (χ3n) is 3.95. The molecule has 1 fully saturated rings. The molecule has 2 amide bonds. The Labute approximate surface area is 171 Å². The summed E-state index contributed by atoms with van der Waals surface area (Å²) in [5, 5.41) is 13.9. The van der Waals surface area contributed by atoms with Crippen molar-refractivity contribution in [2.75, 3.05) is 29.4 Å². The van der Waals surface area contributed by atoms with Gasteiger partial charge >= 0.3 is 6.09 Å². The van der Waals surface area contributed by atoms with Crippen LogP contribution in [0.15, 0.2) is 30.3 Å². The molecule has 12 heteroatoms. The van der Waals surface area contributed by atoms with Gasteiger partial charge in [-0.05, 0) is 25.0 Å². The van der Waals surface area contributed by atoms with Gasteiger partial charge in [0.05, 0.1) is 29.4 Å². The number of hydrogen-bond acceptors (Lipinski definition) is 8. The van der Waals surface area contributed by atoms with Gasteiger partial charge < -0.3 is 15.4 Å². The van der Waals surface area contributed by atoms with Crippen LogP contribution in [0, 0.1) is 0 Å². The number of anilines is 4. The molecule has 0 spiro atoms. The van der Waals surface area contributed by atoms with Crippen molar-refractivity contribution in [1.82, 2.24) is 15.5 Å². The maximum absolute atomic E-state index is 12.4.